The summed E-state index contributed by atoms with van der Waals surface area (Å²) in [5.74, 6) is -0.303. The van der Waals surface area contributed by atoms with Gasteiger partial charge in [0, 0.05) is 22.7 Å². The zero-order valence-electron chi connectivity index (χ0n) is 9.35. The van der Waals surface area contributed by atoms with E-state index in [1.165, 1.54) is 19.2 Å². The van der Waals surface area contributed by atoms with Gasteiger partial charge in [-0.2, -0.15) is 0 Å². The minimum atomic E-state index is -1.29. The van der Waals surface area contributed by atoms with Crippen LogP contribution < -0.4 is 11.1 Å². The fourth-order valence-corrected chi connectivity index (χ4v) is 1.58. The predicted molar refractivity (Wildman–Crippen MR) is 68.6 cm³/mol. The molecule has 98 valence electrons. The molecule has 0 unspecified atom stereocenters. The first-order valence-electron chi connectivity index (χ1n) is 4.80. The minimum Gasteiger partial charge on any atom is -0.382 e. The molecule has 4 N–H and O–H groups in total. The van der Waals surface area contributed by atoms with Crippen molar-refractivity contribution in [2.24, 2.45) is 10.9 Å². The molecule has 1 aromatic rings. The highest BCUT2D eigenvalue weighted by Gasteiger charge is 2.17. The maximum atomic E-state index is 10.8. The van der Waals surface area contributed by atoms with Gasteiger partial charge in [-0.3, -0.25) is 4.84 Å². The molecule has 18 heavy (non-hydrogen) atoms. The molecule has 0 fully saturated rings. The number of aliphatic hydroxyl groups is 1. The molecule has 0 aliphatic carbocycles. The number of amides is 1. The van der Waals surface area contributed by atoms with Crippen molar-refractivity contribution in [2.45, 2.75) is 6.10 Å². The number of oxime groups is 1. The number of rotatable bonds is 3. The second-order valence-electron chi connectivity index (χ2n) is 3.21. The lowest BCUT2D eigenvalue weighted by molar-refractivity contribution is 0.149. The molecular formula is C10H11Cl2N3O3. The molecule has 0 aliphatic heterocycles. The smallest absolute Gasteiger partial charge is 0.382 e. The van der Waals surface area contributed by atoms with Gasteiger partial charge in [0.1, 0.15) is 6.10 Å². The molecule has 1 amide bonds. The number of nitrogens with zero attached hydrogens (tertiary/aromatic N) is 1. The largest absolute Gasteiger partial charge is 0.433 e. The first-order chi connectivity index (χ1) is 8.45. The molecule has 0 spiro atoms. The molecule has 6 nitrogen and oxygen atoms in total. The van der Waals surface area contributed by atoms with Gasteiger partial charge in [0.05, 0.1) is 0 Å². The van der Waals surface area contributed by atoms with E-state index in [-0.39, 0.29) is 10.9 Å². The Morgan fingerprint density at radius 3 is 2.78 bits per heavy atom. The van der Waals surface area contributed by atoms with Crippen molar-refractivity contribution in [1.82, 2.24) is 5.32 Å². The molecule has 0 aromatic heterocycles. The molecule has 1 atom stereocenters. The van der Waals surface area contributed by atoms with Crippen molar-refractivity contribution >= 4 is 35.1 Å². The molecule has 0 radical (unpaired) electrons. The molecule has 0 aliphatic rings. The monoisotopic (exact) mass is 291 g/mol. The summed E-state index contributed by atoms with van der Waals surface area (Å²) >= 11 is 11.6. The van der Waals surface area contributed by atoms with Crippen LogP contribution in [0.5, 0.6) is 0 Å². The molecule has 0 bridgehead atoms. The van der Waals surface area contributed by atoms with Crippen LogP contribution in [0.25, 0.3) is 0 Å². The molecule has 0 saturated heterocycles. The summed E-state index contributed by atoms with van der Waals surface area (Å²) in [4.78, 5) is 15.1. The van der Waals surface area contributed by atoms with E-state index in [4.69, 9.17) is 28.9 Å². The van der Waals surface area contributed by atoms with Crippen LogP contribution in [-0.4, -0.2) is 24.1 Å². The van der Waals surface area contributed by atoms with Crippen LogP contribution in [-0.2, 0) is 4.84 Å². The first-order valence-corrected chi connectivity index (χ1v) is 5.56. The van der Waals surface area contributed by atoms with E-state index in [1.807, 2.05) is 0 Å². The Hall–Kier alpha value is -1.50. The van der Waals surface area contributed by atoms with Crippen LogP contribution in [0, 0.1) is 0 Å². The Morgan fingerprint density at radius 1 is 1.56 bits per heavy atom. The number of amidine groups is 1. The van der Waals surface area contributed by atoms with Crippen molar-refractivity contribution in [3.05, 3.63) is 33.8 Å². The van der Waals surface area contributed by atoms with Gasteiger partial charge in [0.2, 0.25) is 0 Å². The van der Waals surface area contributed by atoms with Gasteiger partial charge in [-0.1, -0.05) is 34.4 Å². The number of benzene rings is 1. The zero-order valence-corrected chi connectivity index (χ0v) is 10.9. The summed E-state index contributed by atoms with van der Waals surface area (Å²) in [6.07, 6.45) is -2.09. The SMILES string of the molecule is CNC(=O)O/N=C(/N)[C@@H](O)c1ccc(Cl)cc1Cl. The second kappa shape index (κ2) is 6.44. The maximum Gasteiger partial charge on any atom is 0.433 e. The number of carbonyl (C=O) groups excluding carboxylic acids is 1. The fraction of sp³-hybridized carbons (Fsp3) is 0.200. The van der Waals surface area contributed by atoms with Gasteiger partial charge < -0.3 is 16.2 Å². The van der Waals surface area contributed by atoms with Gasteiger partial charge in [0.25, 0.3) is 0 Å². The second-order valence-corrected chi connectivity index (χ2v) is 4.06. The highest BCUT2D eigenvalue weighted by Crippen LogP contribution is 2.26. The van der Waals surface area contributed by atoms with Crippen LogP contribution in [0.2, 0.25) is 10.0 Å². The average molecular weight is 292 g/mol. The topological polar surface area (TPSA) is 96.9 Å². The van der Waals surface area contributed by atoms with E-state index in [1.54, 1.807) is 6.07 Å². The fourth-order valence-electron chi connectivity index (χ4n) is 1.07. The van der Waals surface area contributed by atoms with Gasteiger partial charge in [-0.25, -0.2) is 4.79 Å². The zero-order chi connectivity index (χ0) is 13.7. The standard InChI is InChI=1S/C10H11Cl2N3O3/c1-14-10(17)18-15-9(13)8(16)6-3-2-5(11)4-7(6)12/h2-4,8,16H,1H3,(H2,13,15)(H,14,17)/t8-/m0/s1. The van der Waals surface area contributed by atoms with Gasteiger partial charge in [0.15, 0.2) is 5.84 Å². The summed E-state index contributed by atoms with van der Waals surface area (Å²) in [5.41, 5.74) is 5.77. The Morgan fingerprint density at radius 2 is 2.22 bits per heavy atom. The number of hydrogen-bond donors (Lipinski definition) is 3. The van der Waals surface area contributed by atoms with Crippen LogP contribution in [0.15, 0.2) is 23.4 Å². The lowest BCUT2D eigenvalue weighted by atomic mass is 10.1. The summed E-state index contributed by atoms with van der Waals surface area (Å²) in [6.45, 7) is 0. The molecule has 1 aromatic carbocycles. The number of carbonyl (C=O) groups is 1. The third-order valence-electron chi connectivity index (χ3n) is 1.98. The number of nitrogens with one attached hydrogen (secondary N) is 1. The molecule has 0 saturated carbocycles. The number of halogens is 2. The van der Waals surface area contributed by atoms with Crippen molar-refractivity contribution < 1.29 is 14.7 Å². The predicted octanol–water partition coefficient (Wildman–Crippen LogP) is 1.65. The van der Waals surface area contributed by atoms with E-state index in [2.05, 4.69) is 15.3 Å². The minimum absolute atomic E-state index is 0.230. The Kier molecular flexibility index (Phi) is 5.21. The third kappa shape index (κ3) is 3.76. The van der Waals surface area contributed by atoms with Gasteiger partial charge in [-0.05, 0) is 12.1 Å². The third-order valence-corrected chi connectivity index (χ3v) is 2.54. The molecular weight excluding hydrogens is 281 g/mol. The number of hydrogen-bond acceptors (Lipinski definition) is 4. The Labute approximate surface area is 113 Å². The highest BCUT2D eigenvalue weighted by molar-refractivity contribution is 6.35. The summed E-state index contributed by atoms with van der Waals surface area (Å²) < 4.78 is 0. The quantitative estimate of drug-likeness (QED) is 0.341. The highest BCUT2D eigenvalue weighted by atomic mass is 35.5. The van der Waals surface area contributed by atoms with E-state index in [0.717, 1.165) is 0 Å². The van der Waals surface area contributed by atoms with Gasteiger partial charge in [-0.15, -0.1) is 0 Å². The van der Waals surface area contributed by atoms with E-state index < -0.39 is 12.2 Å². The van der Waals surface area contributed by atoms with Gasteiger partial charge >= 0.3 is 6.09 Å². The van der Waals surface area contributed by atoms with E-state index >= 15 is 0 Å². The lowest BCUT2D eigenvalue weighted by Gasteiger charge is -2.11. The van der Waals surface area contributed by atoms with E-state index in [0.29, 0.717) is 10.6 Å². The van der Waals surface area contributed by atoms with Crippen molar-refractivity contribution in [1.29, 1.82) is 0 Å². The number of nitrogens with two attached hydrogens (primary N) is 1. The summed E-state index contributed by atoms with van der Waals surface area (Å²) in [5, 5.41) is 15.9. The van der Waals surface area contributed by atoms with Crippen LogP contribution >= 0.6 is 23.2 Å². The summed E-state index contributed by atoms with van der Waals surface area (Å²) in [7, 11) is 1.36. The van der Waals surface area contributed by atoms with Crippen LogP contribution in [0.3, 0.4) is 0 Å². The Bertz CT molecular complexity index is 479. The van der Waals surface area contributed by atoms with Crippen molar-refractivity contribution in [3.63, 3.8) is 0 Å². The molecule has 8 heteroatoms. The van der Waals surface area contributed by atoms with Crippen molar-refractivity contribution in [3.8, 4) is 0 Å². The van der Waals surface area contributed by atoms with Crippen LogP contribution in [0.4, 0.5) is 4.79 Å². The molecule has 0 heterocycles. The first kappa shape index (κ1) is 14.6. The van der Waals surface area contributed by atoms with E-state index in [9.17, 15) is 9.90 Å². The molecule has 1 rings (SSSR count). The van der Waals surface area contributed by atoms with Crippen LogP contribution in [0.1, 0.15) is 11.7 Å². The maximum absolute atomic E-state index is 10.8. The number of aliphatic hydroxyl groups excluding tert-OH is 1. The Balaban J connectivity index is 2.86. The van der Waals surface area contributed by atoms with Crippen molar-refractivity contribution in [2.75, 3.05) is 7.05 Å². The normalized spacial score (nSPS) is 13.0. The summed E-state index contributed by atoms with van der Waals surface area (Å²) in [6, 6.07) is 4.49. The lowest BCUT2D eigenvalue weighted by Crippen LogP contribution is -2.24. The average Bonchev–Trinajstić information content (AvgIpc) is 2.34.